The Morgan fingerprint density at radius 1 is 1.07 bits per heavy atom. The maximum absolute atomic E-state index is 13.3. The normalized spacial score (nSPS) is 17.9. The topological polar surface area (TPSA) is 84.0 Å². The van der Waals surface area contributed by atoms with E-state index in [0.717, 1.165) is 69.6 Å². The van der Waals surface area contributed by atoms with Crippen LogP contribution in [-0.2, 0) is 22.7 Å². The second-order valence-corrected chi connectivity index (χ2v) is 9.38. The zero-order chi connectivity index (χ0) is 19.6. The SMILES string of the molecule is O=S(=O)(c1ccc(F)cc1)c1nc(NCC2CCNCC2)nc2c1CCCC2. The van der Waals surface area contributed by atoms with Crippen molar-refractivity contribution in [1.29, 1.82) is 0 Å². The molecule has 1 aromatic heterocycles. The van der Waals surface area contributed by atoms with Crippen molar-refractivity contribution >= 4 is 15.8 Å². The average Bonchev–Trinajstić information content (AvgIpc) is 2.72. The van der Waals surface area contributed by atoms with Gasteiger partial charge in [0.1, 0.15) is 5.82 Å². The molecule has 8 heteroatoms. The monoisotopic (exact) mass is 404 g/mol. The summed E-state index contributed by atoms with van der Waals surface area (Å²) in [5.74, 6) is 0.436. The molecule has 2 N–H and O–H groups in total. The lowest BCUT2D eigenvalue weighted by Gasteiger charge is -2.24. The number of aryl methyl sites for hydroxylation is 1. The van der Waals surface area contributed by atoms with Gasteiger partial charge in [-0.25, -0.2) is 22.8 Å². The summed E-state index contributed by atoms with van der Waals surface area (Å²) in [7, 11) is -3.83. The lowest BCUT2D eigenvalue weighted by Crippen LogP contribution is -2.31. The van der Waals surface area contributed by atoms with Crippen LogP contribution in [-0.4, -0.2) is 38.0 Å². The van der Waals surface area contributed by atoms with Crippen LogP contribution in [0.3, 0.4) is 0 Å². The van der Waals surface area contributed by atoms with Gasteiger partial charge in [-0.05, 0) is 81.8 Å². The first-order valence-corrected chi connectivity index (χ1v) is 11.4. The molecule has 0 saturated carbocycles. The zero-order valence-corrected chi connectivity index (χ0v) is 16.6. The lowest BCUT2D eigenvalue weighted by molar-refractivity contribution is 0.389. The minimum absolute atomic E-state index is 0.0599. The average molecular weight is 405 g/mol. The Hall–Kier alpha value is -2.06. The summed E-state index contributed by atoms with van der Waals surface area (Å²) in [4.78, 5) is 9.10. The second kappa shape index (κ2) is 8.13. The highest BCUT2D eigenvalue weighted by atomic mass is 32.2. The van der Waals surface area contributed by atoms with Gasteiger partial charge in [0.25, 0.3) is 0 Å². The van der Waals surface area contributed by atoms with Crippen LogP contribution < -0.4 is 10.6 Å². The summed E-state index contributed by atoms with van der Waals surface area (Å²) in [6.07, 6.45) is 5.49. The highest BCUT2D eigenvalue weighted by molar-refractivity contribution is 7.91. The number of halogens is 1. The predicted octanol–water partition coefficient (Wildman–Crippen LogP) is 2.74. The molecule has 0 radical (unpaired) electrons. The van der Waals surface area contributed by atoms with Gasteiger partial charge in [-0.1, -0.05) is 0 Å². The van der Waals surface area contributed by atoms with Crippen LogP contribution in [0.25, 0.3) is 0 Å². The third kappa shape index (κ3) is 4.03. The molecular formula is C20H25FN4O2S. The molecule has 2 heterocycles. The molecule has 1 aromatic carbocycles. The Labute approximate surface area is 164 Å². The van der Waals surface area contributed by atoms with E-state index in [9.17, 15) is 12.8 Å². The van der Waals surface area contributed by atoms with Crippen LogP contribution in [0.2, 0.25) is 0 Å². The fourth-order valence-electron chi connectivity index (χ4n) is 3.91. The van der Waals surface area contributed by atoms with Gasteiger partial charge in [0.15, 0.2) is 5.03 Å². The molecule has 28 heavy (non-hydrogen) atoms. The number of benzene rings is 1. The van der Waals surface area contributed by atoms with Crippen LogP contribution in [0.15, 0.2) is 34.2 Å². The summed E-state index contributed by atoms with van der Waals surface area (Å²) < 4.78 is 39.7. The third-order valence-corrected chi connectivity index (χ3v) is 7.27. The van der Waals surface area contributed by atoms with Crippen molar-refractivity contribution < 1.29 is 12.8 Å². The quantitative estimate of drug-likeness (QED) is 0.589. The fraction of sp³-hybridized carbons (Fsp3) is 0.500. The summed E-state index contributed by atoms with van der Waals surface area (Å²) in [6, 6.07) is 4.92. The Bertz CT molecular complexity index is 941. The van der Waals surface area contributed by atoms with Gasteiger partial charge in [-0.3, -0.25) is 0 Å². The molecule has 1 aliphatic carbocycles. The summed E-state index contributed by atoms with van der Waals surface area (Å²) in [6.45, 7) is 2.74. The first-order chi connectivity index (χ1) is 13.5. The summed E-state index contributed by atoms with van der Waals surface area (Å²) in [5.41, 5.74) is 1.53. The van der Waals surface area contributed by atoms with Crippen molar-refractivity contribution in [3.05, 3.63) is 41.3 Å². The van der Waals surface area contributed by atoms with E-state index < -0.39 is 15.7 Å². The van der Waals surface area contributed by atoms with E-state index >= 15 is 0 Å². The number of rotatable bonds is 5. The minimum Gasteiger partial charge on any atom is -0.354 e. The zero-order valence-electron chi connectivity index (χ0n) is 15.7. The van der Waals surface area contributed by atoms with Crippen molar-refractivity contribution in [2.75, 3.05) is 25.0 Å². The Morgan fingerprint density at radius 3 is 2.54 bits per heavy atom. The van der Waals surface area contributed by atoms with E-state index in [2.05, 4.69) is 20.6 Å². The van der Waals surface area contributed by atoms with Gasteiger partial charge in [0.05, 0.1) is 10.6 Å². The summed E-state index contributed by atoms with van der Waals surface area (Å²) in [5, 5.41) is 6.67. The number of hydrogen-bond acceptors (Lipinski definition) is 6. The van der Waals surface area contributed by atoms with Crippen LogP contribution >= 0.6 is 0 Å². The predicted molar refractivity (Wildman–Crippen MR) is 105 cm³/mol. The highest BCUT2D eigenvalue weighted by Crippen LogP contribution is 2.30. The van der Waals surface area contributed by atoms with Gasteiger partial charge >= 0.3 is 0 Å². The van der Waals surface area contributed by atoms with Gasteiger partial charge in [-0.2, -0.15) is 0 Å². The smallest absolute Gasteiger partial charge is 0.224 e. The van der Waals surface area contributed by atoms with Crippen LogP contribution in [0.1, 0.15) is 36.9 Å². The number of nitrogens with one attached hydrogen (secondary N) is 2. The molecule has 6 nitrogen and oxygen atoms in total. The van der Waals surface area contributed by atoms with E-state index in [4.69, 9.17) is 0 Å². The van der Waals surface area contributed by atoms with Crippen LogP contribution in [0.5, 0.6) is 0 Å². The number of hydrogen-bond donors (Lipinski definition) is 2. The van der Waals surface area contributed by atoms with Crippen molar-refractivity contribution in [3.8, 4) is 0 Å². The van der Waals surface area contributed by atoms with E-state index in [1.807, 2.05) is 0 Å². The molecule has 4 rings (SSSR count). The van der Waals surface area contributed by atoms with E-state index in [-0.39, 0.29) is 9.92 Å². The van der Waals surface area contributed by atoms with Gasteiger partial charge < -0.3 is 10.6 Å². The molecular weight excluding hydrogens is 379 g/mol. The largest absolute Gasteiger partial charge is 0.354 e. The van der Waals surface area contributed by atoms with Crippen molar-refractivity contribution in [2.45, 2.75) is 48.4 Å². The Morgan fingerprint density at radius 2 is 1.79 bits per heavy atom. The number of fused-ring (bicyclic) bond motifs is 1. The minimum atomic E-state index is -3.83. The molecule has 1 fully saturated rings. The molecule has 0 bridgehead atoms. The van der Waals surface area contributed by atoms with E-state index in [1.54, 1.807) is 0 Å². The molecule has 1 aliphatic heterocycles. The second-order valence-electron chi connectivity index (χ2n) is 7.52. The highest BCUT2D eigenvalue weighted by Gasteiger charge is 2.28. The molecule has 0 unspecified atom stereocenters. The number of aromatic nitrogens is 2. The third-order valence-electron chi connectivity index (χ3n) is 5.53. The number of piperidine rings is 1. The molecule has 1 saturated heterocycles. The Balaban J connectivity index is 1.67. The Kier molecular flexibility index (Phi) is 5.59. The molecule has 0 spiro atoms. The molecule has 2 aromatic rings. The van der Waals surface area contributed by atoms with E-state index in [0.29, 0.717) is 23.9 Å². The fourth-order valence-corrected chi connectivity index (χ4v) is 5.38. The maximum Gasteiger partial charge on any atom is 0.224 e. The lowest BCUT2D eigenvalue weighted by atomic mass is 9.97. The molecule has 2 aliphatic rings. The van der Waals surface area contributed by atoms with Gasteiger partial charge in [0.2, 0.25) is 15.8 Å². The van der Waals surface area contributed by atoms with Crippen molar-refractivity contribution in [2.24, 2.45) is 5.92 Å². The van der Waals surface area contributed by atoms with Gasteiger partial charge in [0, 0.05) is 12.1 Å². The molecule has 0 amide bonds. The maximum atomic E-state index is 13.3. The van der Waals surface area contributed by atoms with Crippen molar-refractivity contribution in [3.63, 3.8) is 0 Å². The summed E-state index contributed by atoms with van der Waals surface area (Å²) >= 11 is 0. The number of anilines is 1. The van der Waals surface area contributed by atoms with Crippen molar-refractivity contribution in [1.82, 2.24) is 15.3 Å². The molecule has 0 atom stereocenters. The number of nitrogens with zero attached hydrogens (tertiary/aromatic N) is 2. The van der Waals surface area contributed by atoms with Crippen LogP contribution in [0.4, 0.5) is 10.3 Å². The van der Waals surface area contributed by atoms with E-state index in [1.165, 1.54) is 12.1 Å². The van der Waals surface area contributed by atoms with Gasteiger partial charge in [-0.15, -0.1) is 0 Å². The standard InChI is InChI=1S/C20H25FN4O2S/c21-15-5-7-16(8-6-15)28(26,27)19-17-3-1-2-4-18(17)24-20(25-19)23-13-14-9-11-22-12-10-14/h5-8,14,22H,1-4,9-13H2,(H,23,24,25). The first-order valence-electron chi connectivity index (χ1n) is 9.89. The van der Waals surface area contributed by atoms with Crippen LogP contribution in [0, 0.1) is 11.7 Å². The molecule has 150 valence electrons. The number of sulfone groups is 1. The first kappa shape index (κ1) is 19.3.